The molecule has 0 spiro atoms. The summed E-state index contributed by atoms with van der Waals surface area (Å²) < 4.78 is 189. The molecule has 0 fully saturated rings. The summed E-state index contributed by atoms with van der Waals surface area (Å²) in [5.41, 5.74) is 2.78. The van der Waals surface area contributed by atoms with Crippen molar-refractivity contribution in [3.63, 3.8) is 0 Å². The van der Waals surface area contributed by atoms with Crippen molar-refractivity contribution in [1.29, 1.82) is 5.26 Å². The number of aromatic nitrogens is 4. The van der Waals surface area contributed by atoms with E-state index in [2.05, 4.69) is 51.4 Å². The van der Waals surface area contributed by atoms with Gasteiger partial charge < -0.3 is 13.9 Å². The van der Waals surface area contributed by atoms with Crippen LogP contribution in [-0.2, 0) is 26.5 Å². The molecule has 354 valence electrons. The smallest absolute Gasteiger partial charge is 0.268 e. The zero-order valence-corrected chi connectivity index (χ0v) is 42.2. The molecule has 8 heteroatoms. The first-order valence-electron chi connectivity index (χ1n) is 32.1. The predicted octanol–water partition coefficient (Wildman–Crippen LogP) is 11.8. The van der Waals surface area contributed by atoms with Crippen LogP contribution < -0.4 is 30.1 Å². The van der Waals surface area contributed by atoms with Gasteiger partial charge in [0.05, 0.1) is 54.4 Å². The molecular weight excluding hydrogens is 1090 g/mol. The fraction of sp³-hybridized carbons (Fsp3) is 0.0615. The van der Waals surface area contributed by atoms with Gasteiger partial charge in [0.15, 0.2) is 8.07 Å². The monoisotopic (exact) mass is 1160 g/mol. The Bertz CT molecular complexity index is 4940. The quantitative estimate of drug-likeness (QED) is 0.0593. The number of ether oxygens (including phenoxy) is 1. The molecule has 0 saturated heterocycles. The first kappa shape index (κ1) is 29.8. The first-order valence-corrected chi connectivity index (χ1v) is 24.6. The molecular formula is C65H47N5OPtSi-2. The van der Waals surface area contributed by atoms with Gasteiger partial charge in [-0.2, -0.15) is 23.5 Å². The number of benzene rings is 9. The molecule has 0 amide bonds. The summed E-state index contributed by atoms with van der Waals surface area (Å²) in [6.07, 6.45) is 5.10. The summed E-state index contributed by atoms with van der Waals surface area (Å²) >= 11 is 0. The Morgan fingerprint density at radius 1 is 0.644 bits per heavy atom. The summed E-state index contributed by atoms with van der Waals surface area (Å²) in [6, 6.07) is 20.7. The second kappa shape index (κ2) is 19.3. The van der Waals surface area contributed by atoms with Gasteiger partial charge in [-0.15, -0.1) is 29.7 Å². The van der Waals surface area contributed by atoms with E-state index in [0.29, 0.717) is 33.8 Å². The van der Waals surface area contributed by atoms with Gasteiger partial charge in [0.1, 0.15) is 5.82 Å². The summed E-state index contributed by atoms with van der Waals surface area (Å²) in [7, 11) is -6.20. The average Bonchev–Trinajstić information content (AvgIpc) is 0.919. The summed E-state index contributed by atoms with van der Waals surface area (Å²) in [4.78, 5) is 4.79. The molecule has 0 aliphatic heterocycles. The van der Waals surface area contributed by atoms with E-state index in [1.165, 1.54) is 22.8 Å². The third-order valence-corrected chi connectivity index (χ3v) is 16.4. The zero-order valence-electron chi connectivity index (χ0n) is 57.9. The van der Waals surface area contributed by atoms with E-state index in [1.54, 1.807) is 59.3 Å². The van der Waals surface area contributed by atoms with Gasteiger partial charge in [-0.05, 0) is 78.2 Å². The minimum absolute atomic E-state index is 0. The Hall–Kier alpha value is -8.40. The molecule has 0 unspecified atom stereocenters. The molecule has 0 bridgehead atoms. The standard InChI is InChI=1S/C65H47N5OSi.Pt/c1-65(2,3)48-38-39-67-63(41-48)70-59-33-14-13-31-57(59)58-37-36-51(43-62(58)70)71-50-23-19-22-49(42-50)68-45-69(61-35-16-15-34-60(61)68)64-47(44-66)21-18-32-56(64)46-20-17-30-55(40-46)72(52-24-7-4-8-25-52,53-26-9-5-10-27-53)54-28-11-6-12-29-54;/h4-41H,1-3H3;/q-2;/i4D,5D,6D,7D,8D,9D,10D,11D,12D,17D,20D,24D,25D,26D,27D,28D,29D,30D,40D;. The molecule has 3 aromatic heterocycles. The van der Waals surface area contributed by atoms with Gasteiger partial charge in [0.25, 0.3) is 6.33 Å². The molecule has 0 atom stereocenters. The van der Waals surface area contributed by atoms with Crippen molar-refractivity contribution < 1.29 is 56.4 Å². The second-order valence-electron chi connectivity index (χ2n) is 17.7. The minimum Gasteiger partial charge on any atom is -0.510 e. The maximum atomic E-state index is 11.1. The van der Waals surface area contributed by atoms with E-state index < -0.39 is 149 Å². The van der Waals surface area contributed by atoms with Gasteiger partial charge >= 0.3 is 0 Å². The van der Waals surface area contributed by atoms with Crippen LogP contribution in [0.1, 0.15) is 57.9 Å². The third-order valence-electron chi connectivity index (χ3n) is 12.4. The zero-order chi connectivity index (χ0) is 65.3. The van der Waals surface area contributed by atoms with Crippen LogP contribution in [0.3, 0.4) is 0 Å². The maximum absolute atomic E-state index is 11.1. The van der Waals surface area contributed by atoms with Crippen LogP contribution in [0.25, 0.3) is 61.2 Å². The normalized spacial score (nSPS) is 15.3. The van der Waals surface area contributed by atoms with E-state index >= 15 is 0 Å². The van der Waals surface area contributed by atoms with E-state index in [0.717, 1.165) is 21.9 Å². The Morgan fingerprint density at radius 3 is 1.99 bits per heavy atom. The van der Waals surface area contributed by atoms with Crippen LogP contribution in [0.2, 0.25) is 0 Å². The molecule has 0 radical (unpaired) electrons. The van der Waals surface area contributed by atoms with Crippen molar-refractivity contribution in [2.45, 2.75) is 26.2 Å². The van der Waals surface area contributed by atoms with Crippen LogP contribution in [0, 0.1) is 29.8 Å². The van der Waals surface area contributed by atoms with Crippen molar-refractivity contribution in [2.75, 3.05) is 0 Å². The van der Waals surface area contributed by atoms with Crippen molar-refractivity contribution >= 4 is 61.7 Å². The Balaban J connectivity index is 0.00000867. The molecule has 9 aromatic carbocycles. The number of imidazole rings is 1. The summed E-state index contributed by atoms with van der Waals surface area (Å²) in [5, 5.41) is 9.08. The number of para-hydroxylation sites is 4. The number of hydrogen-bond acceptors (Lipinski definition) is 3. The van der Waals surface area contributed by atoms with Gasteiger partial charge in [-0.3, -0.25) is 4.57 Å². The number of hydrogen-bond donors (Lipinski definition) is 0. The van der Waals surface area contributed by atoms with E-state index in [-0.39, 0.29) is 49.0 Å². The molecule has 3 heterocycles. The van der Waals surface area contributed by atoms with Gasteiger partial charge in [0, 0.05) is 44.3 Å². The van der Waals surface area contributed by atoms with Crippen molar-refractivity contribution in [3.05, 3.63) is 260 Å². The van der Waals surface area contributed by atoms with Gasteiger partial charge in [-0.1, -0.05) is 196 Å². The van der Waals surface area contributed by atoms with Crippen LogP contribution in [-0.4, -0.2) is 22.2 Å². The van der Waals surface area contributed by atoms with Crippen molar-refractivity contribution in [2.24, 2.45) is 0 Å². The number of rotatable bonds is 10. The van der Waals surface area contributed by atoms with Crippen molar-refractivity contribution in [3.8, 4) is 45.9 Å². The van der Waals surface area contributed by atoms with E-state index in [4.69, 9.17) is 22.1 Å². The van der Waals surface area contributed by atoms with E-state index in [9.17, 15) is 19.0 Å². The molecule has 0 saturated carbocycles. The average molecular weight is 1160 g/mol. The first-order chi connectivity index (χ1) is 43.2. The molecule has 0 aliphatic rings. The number of nitrogens with zero attached hydrogens (tertiary/aromatic N) is 5. The fourth-order valence-electron chi connectivity index (χ4n) is 9.13. The topological polar surface area (TPSA) is 59.6 Å². The molecule has 0 N–H and O–H groups in total. The molecule has 12 rings (SSSR count). The third kappa shape index (κ3) is 8.29. The molecule has 6 nitrogen and oxygen atoms in total. The van der Waals surface area contributed by atoms with Crippen LogP contribution >= 0.6 is 0 Å². The largest absolute Gasteiger partial charge is 0.510 e. The fourth-order valence-corrected chi connectivity index (χ4v) is 12.7. The SMILES string of the molecule is [2H]c1c([2H])c([2H])c([Si](c2c([2H])c([2H])c([2H])c([2H])c2[2H])(c2c([2H])c([2H])c([2H])c([2H])c2[2H])c2c([2H])c([2H])c([2H])c(-c3cccc(C#N)c3-[n+]3[c-]n(-c4[c-]c(Oc5[c-]c6c(cc5)c5ccccc5n6-c5cc(C(C)(C)C)ccn5)ccc4)c4ccccc43)c2[2H])c([2H])c1[2H].[Pt]. The van der Waals surface area contributed by atoms with Crippen LogP contribution in [0.15, 0.2) is 230 Å². The molecule has 0 aliphatic carbocycles. The van der Waals surface area contributed by atoms with Gasteiger partial charge in [0.2, 0.25) is 0 Å². The number of nitriles is 1. The molecule has 73 heavy (non-hydrogen) atoms. The van der Waals surface area contributed by atoms with Gasteiger partial charge in [-0.25, -0.2) is 4.98 Å². The van der Waals surface area contributed by atoms with Crippen molar-refractivity contribution in [1.82, 2.24) is 14.1 Å². The Kier molecular flexibility index (Phi) is 7.89. The maximum Gasteiger partial charge on any atom is 0.268 e. The number of pyridine rings is 1. The predicted molar refractivity (Wildman–Crippen MR) is 292 cm³/mol. The van der Waals surface area contributed by atoms with Crippen LogP contribution in [0.4, 0.5) is 0 Å². The second-order valence-corrected chi connectivity index (χ2v) is 21.2. The van der Waals surface area contributed by atoms with E-state index in [1.807, 2.05) is 41.0 Å². The number of fused-ring (bicyclic) bond motifs is 4. The molecule has 12 aromatic rings. The summed E-state index contributed by atoms with van der Waals surface area (Å²) in [6.45, 7) is 6.40. The van der Waals surface area contributed by atoms with Crippen LogP contribution in [0.5, 0.6) is 11.5 Å². The summed E-state index contributed by atoms with van der Waals surface area (Å²) in [5.74, 6) is 1.30. The minimum atomic E-state index is -6.20. The Labute approximate surface area is 467 Å². The Morgan fingerprint density at radius 2 is 1.29 bits per heavy atom.